The Morgan fingerprint density at radius 2 is 0.389 bits per heavy atom. The van der Waals surface area contributed by atoms with Crippen LogP contribution in [0, 0.1) is 11.8 Å². The van der Waals surface area contributed by atoms with Gasteiger partial charge in [-0.05, 0) is 25.7 Å². The Morgan fingerprint density at radius 3 is 0.519 bits per heavy atom. The van der Waals surface area contributed by atoms with Gasteiger partial charge in [0.15, 0.2) is 0 Å². The fourth-order valence-corrected chi connectivity index (χ4v) is 8.58. The molecular formula is C50H100N2O2. The number of unbranched alkanes of at least 4 members (excludes halogenated alkanes) is 37. The van der Waals surface area contributed by atoms with Crippen LogP contribution in [0.4, 0.5) is 0 Å². The van der Waals surface area contributed by atoms with Gasteiger partial charge in [-0.25, -0.2) is 0 Å². The molecule has 0 aromatic heterocycles. The summed E-state index contributed by atoms with van der Waals surface area (Å²) in [5.41, 5.74) is 11.6. The van der Waals surface area contributed by atoms with Gasteiger partial charge in [0.2, 0.25) is 11.8 Å². The SMILES string of the molecule is CCCCCCCCCCCCCCCCCCCCC(CCCCCCC(CCCCCCCCCCCCCCCCCCCC)C(N)=O)C(N)=O. The van der Waals surface area contributed by atoms with E-state index in [1.807, 2.05) is 0 Å². The zero-order valence-electron chi connectivity index (χ0n) is 37.2. The minimum atomic E-state index is -0.111. The largest absolute Gasteiger partial charge is 0.369 e. The van der Waals surface area contributed by atoms with Crippen LogP contribution >= 0.6 is 0 Å². The molecule has 0 spiro atoms. The first-order valence-electron chi connectivity index (χ1n) is 25.1. The highest BCUT2D eigenvalue weighted by Crippen LogP contribution is 2.22. The van der Waals surface area contributed by atoms with Crippen LogP contribution < -0.4 is 11.5 Å². The van der Waals surface area contributed by atoms with Crippen molar-refractivity contribution in [1.29, 1.82) is 0 Å². The van der Waals surface area contributed by atoms with E-state index >= 15 is 0 Å². The Hall–Kier alpha value is -1.06. The molecule has 0 aliphatic heterocycles. The van der Waals surface area contributed by atoms with Crippen molar-refractivity contribution in [1.82, 2.24) is 0 Å². The van der Waals surface area contributed by atoms with Gasteiger partial charge >= 0.3 is 0 Å². The molecule has 2 atom stereocenters. The van der Waals surface area contributed by atoms with Crippen molar-refractivity contribution in [3.05, 3.63) is 0 Å². The Balaban J connectivity index is 3.60. The van der Waals surface area contributed by atoms with Gasteiger partial charge in [-0.1, -0.05) is 271 Å². The highest BCUT2D eigenvalue weighted by atomic mass is 16.1. The van der Waals surface area contributed by atoms with E-state index in [4.69, 9.17) is 11.5 Å². The smallest absolute Gasteiger partial charge is 0.220 e. The molecule has 4 nitrogen and oxygen atoms in total. The fourth-order valence-electron chi connectivity index (χ4n) is 8.58. The molecule has 0 heterocycles. The van der Waals surface area contributed by atoms with Crippen molar-refractivity contribution in [3.63, 3.8) is 0 Å². The van der Waals surface area contributed by atoms with Crippen molar-refractivity contribution in [2.45, 2.75) is 296 Å². The highest BCUT2D eigenvalue weighted by molar-refractivity contribution is 5.76. The second-order valence-corrected chi connectivity index (χ2v) is 17.8. The molecule has 4 N–H and O–H groups in total. The summed E-state index contributed by atoms with van der Waals surface area (Å²) in [5.74, 6) is -0.150. The van der Waals surface area contributed by atoms with Gasteiger partial charge in [0.05, 0.1) is 0 Å². The Kier molecular flexibility index (Phi) is 43.8. The van der Waals surface area contributed by atoms with Crippen LogP contribution in [-0.2, 0) is 9.59 Å². The topological polar surface area (TPSA) is 86.2 Å². The maximum Gasteiger partial charge on any atom is 0.220 e. The van der Waals surface area contributed by atoms with Crippen LogP contribution in [0.1, 0.15) is 296 Å². The molecule has 0 saturated carbocycles. The van der Waals surface area contributed by atoms with Gasteiger partial charge in [-0.2, -0.15) is 0 Å². The molecule has 54 heavy (non-hydrogen) atoms. The highest BCUT2D eigenvalue weighted by Gasteiger charge is 2.16. The van der Waals surface area contributed by atoms with Crippen molar-refractivity contribution in [3.8, 4) is 0 Å². The van der Waals surface area contributed by atoms with Gasteiger partial charge < -0.3 is 11.5 Å². The minimum Gasteiger partial charge on any atom is -0.369 e. The van der Waals surface area contributed by atoms with E-state index in [9.17, 15) is 9.59 Å². The van der Waals surface area contributed by atoms with Crippen LogP contribution in [0.5, 0.6) is 0 Å². The number of hydrogen-bond acceptors (Lipinski definition) is 2. The summed E-state index contributed by atoms with van der Waals surface area (Å²) < 4.78 is 0. The Bertz CT molecular complexity index is 693. The number of hydrogen-bond donors (Lipinski definition) is 2. The van der Waals surface area contributed by atoms with E-state index < -0.39 is 0 Å². The maximum atomic E-state index is 12.1. The summed E-state index contributed by atoms with van der Waals surface area (Å²) in [6.07, 6.45) is 57.9. The summed E-state index contributed by atoms with van der Waals surface area (Å²) in [4.78, 5) is 24.1. The van der Waals surface area contributed by atoms with Crippen LogP contribution in [-0.4, -0.2) is 11.8 Å². The van der Waals surface area contributed by atoms with Gasteiger partial charge in [0.25, 0.3) is 0 Å². The van der Waals surface area contributed by atoms with Gasteiger partial charge in [0, 0.05) is 11.8 Å². The number of rotatable bonds is 47. The molecule has 0 fully saturated rings. The number of carbonyl (C=O) groups is 2. The third kappa shape index (κ3) is 40.6. The predicted molar refractivity (Wildman–Crippen MR) is 240 cm³/mol. The average molecular weight is 761 g/mol. The van der Waals surface area contributed by atoms with Crippen molar-refractivity contribution >= 4 is 11.8 Å². The molecule has 4 heteroatoms. The summed E-state index contributed by atoms with van der Waals surface area (Å²) in [7, 11) is 0. The molecule has 0 rings (SSSR count). The van der Waals surface area contributed by atoms with E-state index in [0.29, 0.717) is 0 Å². The molecule has 0 aromatic rings. The third-order valence-electron chi connectivity index (χ3n) is 12.5. The summed E-state index contributed by atoms with van der Waals surface area (Å²) in [6.45, 7) is 4.59. The number of nitrogens with two attached hydrogens (primary N) is 2. The number of primary amides is 2. The fraction of sp³-hybridized carbons (Fsp3) is 0.960. The predicted octanol–water partition coefficient (Wildman–Crippen LogP) is 16.4. The van der Waals surface area contributed by atoms with Crippen LogP contribution in [0.15, 0.2) is 0 Å². The third-order valence-corrected chi connectivity index (χ3v) is 12.5. The molecule has 2 amide bonds. The molecule has 0 aliphatic rings. The molecule has 0 aliphatic carbocycles. The van der Waals surface area contributed by atoms with E-state index in [1.165, 1.54) is 218 Å². The molecule has 0 radical (unpaired) electrons. The second-order valence-electron chi connectivity index (χ2n) is 17.8. The van der Waals surface area contributed by atoms with Gasteiger partial charge in [-0.15, -0.1) is 0 Å². The lowest BCUT2D eigenvalue weighted by molar-refractivity contribution is -0.123. The second kappa shape index (κ2) is 44.7. The maximum absolute atomic E-state index is 12.1. The summed E-state index contributed by atoms with van der Waals surface area (Å²) in [6, 6.07) is 0. The van der Waals surface area contributed by atoms with Gasteiger partial charge in [0.1, 0.15) is 0 Å². The van der Waals surface area contributed by atoms with Crippen molar-refractivity contribution < 1.29 is 9.59 Å². The van der Waals surface area contributed by atoms with Crippen LogP contribution in [0.3, 0.4) is 0 Å². The molecular weight excluding hydrogens is 661 g/mol. The first kappa shape index (κ1) is 52.9. The van der Waals surface area contributed by atoms with E-state index in [2.05, 4.69) is 13.8 Å². The standard InChI is InChI=1S/C50H100N2O2/c1-3-5-7-9-11-13-15-17-19-21-23-25-27-29-31-33-35-39-43-47(49(51)53)45-41-37-38-42-46-48(50(52)54)44-40-36-34-32-30-28-26-24-22-20-18-16-14-12-10-8-6-4-2/h47-48H,3-46H2,1-2H3,(H2,51,53)(H2,52,54). The average Bonchev–Trinajstić information content (AvgIpc) is 3.16. The number of amides is 2. The quantitative estimate of drug-likeness (QED) is 0.0605. The van der Waals surface area contributed by atoms with Crippen molar-refractivity contribution in [2.24, 2.45) is 23.3 Å². The summed E-state index contributed by atoms with van der Waals surface area (Å²) >= 11 is 0. The zero-order valence-corrected chi connectivity index (χ0v) is 37.2. The van der Waals surface area contributed by atoms with Crippen LogP contribution in [0.2, 0.25) is 0 Å². The Morgan fingerprint density at radius 1 is 0.259 bits per heavy atom. The first-order valence-corrected chi connectivity index (χ1v) is 25.1. The first-order chi connectivity index (χ1) is 26.5. The minimum absolute atomic E-state index is 0.0361. The lowest BCUT2D eigenvalue weighted by Gasteiger charge is -2.14. The molecule has 0 saturated heterocycles. The molecule has 322 valence electrons. The normalized spacial score (nSPS) is 12.7. The molecule has 0 aromatic carbocycles. The Labute approximate surface area is 340 Å². The van der Waals surface area contributed by atoms with Crippen molar-refractivity contribution in [2.75, 3.05) is 0 Å². The lowest BCUT2D eigenvalue weighted by Crippen LogP contribution is -2.23. The zero-order chi connectivity index (χ0) is 39.4. The lowest BCUT2D eigenvalue weighted by atomic mass is 9.92. The van der Waals surface area contributed by atoms with Gasteiger partial charge in [-0.3, -0.25) is 9.59 Å². The molecule has 2 unspecified atom stereocenters. The summed E-state index contributed by atoms with van der Waals surface area (Å²) in [5, 5.41) is 0. The number of carbonyl (C=O) groups excluding carboxylic acids is 2. The van der Waals surface area contributed by atoms with E-state index in [0.717, 1.165) is 64.2 Å². The van der Waals surface area contributed by atoms with Crippen LogP contribution in [0.25, 0.3) is 0 Å². The van der Waals surface area contributed by atoms with E-state index in [1.54, 1.807) is 0 Å². The monoisotopic (exact) mass is 761 g/mol. The molecule has 0 bridgehead atoms. The van der Waals surface area contributed by atoms with E-state index in [-0.39, 0.29) is 23.7 Å².